The van der Waals surface area contributed by atoms with Crippen molar-refractivity contribution in [1.82, 2.24) is 4.90 Å². The van der Waals surface area contributed by atoms with Crippen LogP contribution < -0.4 is 9.04 Å². The number of amides is 1. The Labute approximate surface area is 200 Å². The monoisotopic (exact) mass is 486 g/mol. The number of hydrogen-bond donors (Lipinski definition) is 2. The van der Waals surface area contributed by atoms with Crippen molar-refractivity contribution in [3.63, 3.8) is 0 Å². The maximum absolute atomic E-state index is 13.9. The molecule has 0 saturated carbocycles. The summed E-state index contributed by atoms with van der Waals surface area (Å²) in [4.78, 5) is 12.5. The molecular weight excluding hydrogens is 456 g/mol. The molecule has 2 aromatic rings. The summed E-state index contributed by atoms with van der Waals surface area (Å²) in [6.07, 6.45) is 5.94. The lowest BCUT2D eigenvalue weighted by Crippen LogP contribution is -2.54. The first-order valence-corrected chi connectivity index (χ1v) is 12.3. The molecule has 0 bridgehead atoms. The van der Waals surface area contributed by atoms with Crippen LogP contribution in [0.4, 0.5) is 5.69 Å². The molecule has 1 aliphatic carbocycles. The lowest BCUT2D eigenvalue weighted by molar-refractivity contribution is -0.130. The predicted molar refractivity (Wildman–Crippen MR) is 131 cm³/mol. The molecule has 0 aliphatic heterocycles. The van der Waals surface area contributed by atoms with E-state index < -0.39 is 33.3 Å². The molecular formula is C25H30N2O6S. The minimum atomic E-state index is -4.51. The van der Waals surface area contributed by atoms with Crippen molar-refractivity contribution >= 4 is 21.6 Å². The number of anilines is 1. The van der Waals surface area contributed by atoms with Crippen LogP contribution in [0.3, 0.4) is 0 Å². The Morgan fingerprint density at radius 1 is 1.09 bits per heavy atom. The first kappa shape index (κ1) is 25.5. The largest absolute Gasteiger partial charge is 0.495 e. The van der Waals surface area contributed by atoms with Gasteiger partial charge in [0.1, 0.15) is 12.3 Å². The second kappa shape index (κ2) is 10.9. The summed E-state index contributed by atoms with van der Waals surface area (Å²) in [7, 11) is -3.11. The van der Waals surface area contributed by atoms with Gasteiger partial charge in [-0.05, 0) is 23.8 Å². The highest BCUT2D eigenvalue weighted by molar-refractivity contribution is 7.94. The average Bonchev–Trinajstić information content (AvgIpc) is 2.84. The molecule has 182 valence electrons. The van der Waals surface area contributed by atoms with Crippen molar-refractivity contribution in [2.75, 3.05) is 31.1 Å². The Bertz CT molecular complexity index is 1150. The number of allylic oxidation sites excluding steroid dienone is 2. The van der Waals surface area contributed by atoms with E-state index in [1.807, 2.05) is 30.3 Å². The van der Waals surface area contributed by atoms with Gasteiger partial charge in [0.2, 0.25) is 10.8 Å². The normalized spacial score (nSPS) is 19.6. The number of benzene rings is 2. The van der Waals surface area contributed by atoms with Gasteiger partial charge in [-0.15, -0.1) is 0 Å². The van der Waals surface area contributed by atoms with Crippen LogP contribution >= 0.6 is 0 Å². The molecule has 0 radical (unpaired) electrons. The summed E-state index contributed by atoms with van der Waals surface area (Å²) in [5.74, 6) is -1.05. The molecule has 8 nitrogen and oxygen atoms in total. The van der Waals surface area contributed by atoms with Crippen LogP contribution in [-0.4, -0.2) is 61.2 Å². The molecule has 2 unspecified atom stereocenters. The van der Waals surface area contributed by atoms with Gasteiger partial charge in [-0.1, -0.05) is 67.6 Å². The minimum absolute atomic E-state index is 0.0247. The van der Waals surface area contributed by atoms with E-state index in [1.54, 1.807) is 37.3 Å². The van der Waals surface area contributed by atoms with Crippen molar-refractivity contribution in [2.24, 2.45) is 5.92 Å². The zero-order valence-corrected chi connectivity index (χ0v) is 20.1. The van der Waals surface area contributed by atoms with Gasteiger partial charge in [-0.3, -0.25) is 9.10 Å². The number of carbonyl (C=O) groups is 1. The van der Waals surface area contributed by atoms with Crippen molar-refractivity contribution < 1.29 is 28.2 Å². The van der Waals surface area contributed by atoms with E-state index in [2.05, 4.69) is 0 Å². The minimum Gasteiger partial charge on any atom is -0.495 e. The van der Waals surface area contributed by atoms with E-state index in [0.29, 0.717) is 0 Å². The molecule has 9 heteroatoms. The molecule has 1 amide bonds. The second-order valence-electron chi connectivity index (χ2n) is 7.99. The smallest absolute Gasteiger partial charge is 0.270 e. The average molecular weight is 487 g/mol. The standard InChI is InChI=1S/C25H30N2O6S/c1-20-10-8-9-15-25(20,30)34(31,32)27(22-13-6-7-14-23(22)33-2)19-24(29)26(16-17-28)18-21-11-4-3-5-12-21/h3-15,20,28,30H,16-19H2,1-2H3. The Kier molecular flexibility index (Phi) is 8.14. The lowest BCUT2D eigenvalue weighted by atomic mass is 9.99. The highest BCUT2D eigenvalue weighted by Crippen LogP contribution is 2.38. The molecule has 2 atom stereocenters. The van der Waals surface area contributed by atoms with Crippen LogP contribution in [0.15, 0.2) is 78.9 Å². The number of sulfonamides is 1. The van der Waals surface area contributed by atoms with Crippen LogP contribution in [0.2, 0.25) is 0 Å². The van der Waals surface area contributed by atoms with Gasteiger partial charge in [-0.25, -0.2) is 8.42 Å². The maximum atomic E-state index is 13.9. The quantitative estimate of drug-likeness (QED) is 0.534. The number of nitrogens with zero attached hydrogens (tertiary/aromatic N) is 2. The predicted octanol–water partition coefficient (Wildman–Crippen LogP) is 2.30. The number of carbonyl (C=O) groups excluding carboxylic acids is 1. The summed E-state index contributed by atoms with van der Waals surface area (Å²) >= 11 is 0. The van der Waals surface area contributed by atoms with Gasteiger partial charge < -0.3 is 19.8 Å². The number of aliphatic hydroxyl groups is 2. The van der Waals surface area contributed by atoms with Crippen molar-refractivity contribution in [1.29, 1.82) is 0 Å². The fraction of sp³-hybridized carbons (Fsp3) is 0.320. The number of methoxy groups -OCH3 is 1. The van der Waals surface area contributed by atoms with Crippen molar-refractivity contribution in [3.05, 3.63) is 84.5 Å². The van der Waals surface area contributed by atoms with Crippen LogP contribution in [0.25, 0.3) is 0 Å². The number of ether oxygens (including phenoxy) is 1. The lowest BCUT2D eigenvalue weighted by Gasteiger charge is -2.37. The first-order valence-electron chi connectivity index (χ1n) is 10.9. The molecule has 2 aromatic carbocycles. The van der Waals surface area contributed by atoms with E-state index in [-0.39, 0.29) is 31.1 Å². The van der Waals surface area contributed by atoms with Gasteiger partial charge in [-0.2, -0.15) is 0 Å². The highest BCUT2D eigenvalue weighted by Gasteiger charge is 2.49. The Balaban J connectivity index is 2.03. The molecule has 34 heavy (non-hydrogen) atoms. The Morgan fingerprint density at radius 2 is 1.76 bits per heavy atom. The SMILES string of the molecule is COc1ccccc1N(CC(=O)N(CCO)Cc1ccccc1)S(=O)(=O)C1(O)C=CC=CC1C. The van der Waals surface area contributed by atoms with Gasteiger partial charge >= 0.3 is 0 Å². The van der Waals surface area contributed by atoms with Gasteiger partial charge in [0.25, 0.3) is 10.0 Å². The van der Waals surface area contributed by atoms with E-state index >= 15 is 0 Å². The van der Waals surface area contributed by atoms with Gasteiger partial charge in [0.05, 0.1) is 19.4 Å². The van der Waals surface area contributed by atoms with E-state index in [9.17, 15) is 23.4 Å². The fourth-order valence-corrected chi connectivity index (χ4v) is 5.63. The van der Waals surface area contributed by atoms with Crippen LogP contribution in [0, 0.1) is 5.92 Å². The summed E-state index contributed by atoms with van der Waals surface area (Å²) < 4.78 is 34.0. The van der Waals surface area contributed by atoms with Gasteiger partial charge in [0, 0.05) is 19.0 Å². The number of hydrogen-bond acceptors (Lipinski definition) is 6. The van der Waals surface area contributed by atoms with Crippen LogP contribution in [0.5, 0.6) is 5.75 Å². The number of rotatable bonds is 10. The summed E-state index contributed by atoms with van der Waals surface area (Å²) in [5.41, 5.74) is 0.967. The summed E-state index contributed by atoms with van der Waals surface area (Å²) in [5, 5.41) is 20.8. The fourth-order valence-electron chi connectivity index (χ4n) is 3.79. The van der Waals surface area contributed by atoms with Gasteiger partial charge in [0.15, 0.2) is 0 Å². The zero-order valence-electron chi connectivity index (χ0n) is 19.2. The summed E-state index contributed by atoms with van der Waals surface area (Å²) in [6, 6.07) is 15.6. The first-order chi connectivity index (χ1) is 16.2. The third kappa shape index (κ3) is 5.16. The number of para-hydroxylation sites is 2. The Morgan fingerprint density at radius 3 is 2.41 bits per heavy atom. The Hall–Kier alpha value is -3.14. The molecule has 0 spiro atoms. The maximum Gasteiger partial charge on any atom is 0.270 e. The van der Waals surface area contributed by atoms with E-state index in [0.717, 1.165) is 9.87 Å². The molecule has 0 saturated heterocycles. The molecule has 0 aromatic heterocycles. The van der Waals surface area contributed by atoms with Crippen molar-refractivity contribution in [2.45, 2.75) is 18.4 Å². The topological polar surface area (TPSA) is 107 Å². The highest BCUT2D eigenvalue weighted by atomic mass is 32.2. The summed E-state index contributed by atoms with van der Waals surface area (Å²) in [6.45, 7) is 0.948. The number of aliphatic hydroxyl groups excluding tert-OH is 1. The van der Waals surface area contributed by atoms with E-state index in [4.69, 9.17) is 4.74 Å². The van der Waals surface area contributed by atoms with E-state index in [1.165, 1.54) is 30.2 Å². The third-order valence-corrected chi connectivity index (χ3v) is 8.01. The second-order valence-corrected chi connectivity index (χ2v) is 10.0. The molecule has 0 fully saturated rings. The van der Waals surface area contributed by atoms with Crippen molar-refractivity contribution in [3.8, 4) is 5.75 Å². The third-order valence-electron chi connectivity index (χ3n) is 5.77. The molecule has 3 rings (SSSR count). The van der Waals surface area contributed by atoms with Crippen LogP contribution in [-0.2, 0) is 21.4 Å². The molecule has 0 heterocycles. The molecule has 1 aliphatic rings. The van der Waals surface area contributed by atoms with Crippen LogP contribution in [0.1, 0.15) is 12.5 Å². The molecule has 2 N–H and O–H groups in total. The zero-order chi connectivity index (χ0) is 24.8.